The van der Waals surface area contributed by atoms with Crippen LogP contribution in [0.15, 0.2) is 0 Å². The maximum absolute atomic E-state index is 11.8. The summed E-state index contributed by atoms with van der Waals surface area (Å²) in [6.45, 7) is 4.20. The van der Waals surface area contributed by atoms with Gasteiger partial charge in [-0.3, -0.25) is 14.4 Å². The Morgan fingerprint density at radius 1 is 1.16 bits per heavy atom. The van der Waals surface area contributed by atoms with Gasteiger partial charge in [0.15, 0.2) is 5.78 Å². The van der Waals surface area contributed by atoms with E-state index in [0.717, 1.165) is 12.8 Å². The fourth-order valence-electron chi connectivity index (χ4n) is 1.72. The van der Waals surface area contributed by atoms with Gasteiger partial charge in [-0.2, -0.15) is 5.26 Å². The summed E-state index contributed by atoms with van der Waals surface area (Å²) in [5.41, 5.74) is 0. The molecule has 0 aliphatic rings. The van der Waals surface area contributed by atoms with Crippen LogP contribution in [0, 0.1) is 23.2 Å². The van der Waals surface area contributed by atoms with E-state index in [0.29, 0.717) is 17.7 Å². The van der Waals surface area contributed by atoms with Crippen molar-refractivity contribution in [3.63, 3.8) is 0 Å². The van der Waals surface area contributed by atoms with E-state index >= 15 is 0 Å². The molecular weight excluding hydrogens is 310 g/mol. The zero-order valence-electron chi connectivity index (χ0n) is 11.4. The van der Waals surface area contributed by atoms with Crippen LogP contribution in [-0.4, -0.2) is 22.7 Å². The number of carbonyl (C=O) groups is 3. The molecule has 0 aliphatic heterocycles. The van der Waals surface area contributed by atoms with Crippen LogP contribution in [-0.2, 0) is 14.4 Å². The lowest BCUT2D eigenvalue weighted by Crippen LogP contribution is -2.30. The number of alkyl halides is 1. The lowest BCUT2D eigenvalue weighted by molar-refractivity contribution is -0.141. The molecule has 0 aromatic heterocycles. The van der Waals surface area contributed by atoms with Gasteiger partial charge in [0.25, 0.3) is 0 Å². The van der Waals surface area contributed by atoms with Crippen LogP contribution in [0.4, 0.5) is 0 Å². The van der Waals surface area contributed by atoms with Crippen molar-refractivity contribution in [2.45, 2.75) is 46.0 Å². The van der Waals surface area contributed by atoms with Gasteiger partial charge < -0.3 is 0 Å². The van der Waals surface area contributed by atoms with E-state index in [2.05, 4.69) is 29.8 Å². The number of rotatable bonds is 10. The minimum absolute atomic E-state index is 0.170. The number of unbranched alkanes of at least 4 members (excludes halogenated alkanes) is 1. The first kappa shape index (κ1) is 18.0. The molecule has 19 heavy (non-hydrogen) atoms. The van der Waals surface area contributed by atoms with Crippen molar-refractivity contribution in [1.29, 1.82) is 5.26 Å². The minimum Gasteiger partial charge on any atom is -0.291 e. The zero-order valence-corrected chi connectivity index (χ0v) is 13.0. The standard InChI is InChI=1S/C14H20BrNO3/c1-10(2)5-3-4-6-12(17)14(19)11(7-8-15)13(18)9-16/h10-11H,3-8H2,1-2H3. The lowest BCUT2D eigenvalue weighted by atomic mass is 9.92. The monoisotopic (exact) mass is 329 g/mol. The molecule has 0 N–H and O–H groups in total. The normalized spacial score (nSPS) is 11.9. The Morgan fingerprint density at radius 3 is 2.26 bits per heavy atom. The van der Waals surface area contributed by atoms with Crippen LogP contribution >= 0.6 is 15.9 Å². The molecule has 0 fully saturated rings. The third-order valence-corrected chi connectivity index (χ3v) is 3.31. The molecule has 0 spiro atoms. The summed E-state index contributed by atoms with van der Waals surface area (Å²) >= 11 is 3.12. The molecule has 106 valence electrons. The molecule has 0 amide bonds. The van der Waals surface area contributed by atoms with E-state index in [9.17, 15) is 14.4 Å². The van der Waals surface area contributed by atoms with E-state index < -0.39 is 23.3 Å². The van der Waals surface area contributed by atoms with Crippen LogP contribution < -0.4 is 0 Å². The Kier molecular flexibility index (Phi) is 9.32. The van der Waals surface area contributed by atoms with Crippen LogP contribution in [0.1, 0.15) is 46.0 Å². The second-order valence-corrected chi connectivity index (χ2v) is 5.73. The Balaban J connectivity index is 4.32. The molecule has 1 unspecified atom stereocenters. The number of Topliss-reactive ketones (excluding diaryl/α,β-unsaturated/α-hetero) is 3. The van der Waals surface area contributed by atoms with Gasteiger partial charge in [-0.1, -0.05) is 42.6 Å². The Labute approximate surface area is 122 Å². The van der Waals surface area contributed by atoms with Crippen LogP contribution in [0.3, 0.4) is 0 Å². The first-order valence-corrected chi connectivity index (χ1v) is 7.63. The third-order valence-electron chi connectivity index (χ3n) is 2.85. The predicted molar refractivity (Wildman–Crippen MR) is 75.8 cm³/mol. The van der Waals surface area contributed by atoms with Crippen molar-refractivity contribution in [1.82, 2.24) is 0 Å². The first-order chi connectivity index (χ1) is 8.93. The van der Waals surface area contributed by atoms with Crippen molar-refractivity contribution in [3.8, 4) is 6.07 Å². The van der Waals surface area contributed by atoms with Gasteiger partial charge in [-0.25, -0.2) is 0 Å². The number of hydrogen-bond donors (Lipinski definition) is 0. The molecule has 0 rings (SSSR count). The maximum Gasteiger partial charge on any atom is 0.242 e. The Bertz CT molecular complexity index is 371. The molecule has 0 aromatic carbocycles. The average molecular weight is 330 g/mol. The fourth-order valence-corrected chi connectivity index (χ4v) is 2.18. The van der Waals surface area contributed by atoms with Gasteiger partial charge in [0, 0.05) is 11.8 Å². The highest BCUT2D eigenvalue weighted by Crippen LogP contribution is 2.13. The molecule has 0 aliphatic carbocycles. The molecule has 0 heterocycles. The summed E-state index contributed by atoms with van der Waals surface area (Å²) in [6, 6.07) is 1.44. The highest BCUT2D eigenvalue weighted by molar-refractivity contribution is 9.09. The molecule has 0 radical (unpaired) electrons. The molecule has 4 nitrogen and oxygen atoms in total. The highest BCUT2D eigenvalue weighted by Gasteiger charge is 2.30. The van der Waals surface area contributed by atoms with Crippen molar-refractivity contribution in [3.05, 3.63) is 0 Å². The average Bonchev–Trinajstić information content (AvgIpc) is 2.38. The number of nitriles is 1. The van der Waals surface area contributed by atoms with Gasteiger partial charge in [-0.15, -0.1) is 0 Å². The number of nitrogens with zero attached hydrogens (tertiary/aromatic N) is 1. The van der Waals surface area contributed by atoms with Crippen LogP contribution in [0.5, 0.6) is 0 Å². The van der Waals surface area contributed by atoms with Gasteiger partial charge in [-0.05, 0) is 18.8 Å². The number of ketones is 3. The number of hydrogen-bond acceptors (Lipinski definition) is 4. The molecule has 5 heteroatoms. The Hall–Kier alpha value is -1.02. The summed E-state index contributed by atoms with van der Waals surface area (Å²) < 4.78 is 0. The third kappa shape index (κ3) is 7.22. The quantitative estimate of drug-likeness (QED) is 0.203. The summed E-state index contributed by atoms with van der Waals surface area (Å²) in [4.78, 5) is 34.8. The van der Waals surface area contributed by atoms with Crippen LogP contribution in [0.2, 0.25) is 0 Å². The smallest absolute Gasteiger partial charge is 0.242 e. The molecule has 0 bridgehead atoms. The second-order valence-electron chi connectivity index (χ2n) is 4.93. The summed E-state index contributed by atoms with van der Waals surface area (Å²) in [6.07, 6.45) is 2.94. The van der Waals surface area contributed by atoms with Gasteiger partial charge in [0.05, 0.1) is 5.92 Å². The lowest BCUT2D eigenvalue weighted by Gasteiger charge is -2.09. The second kappa shape index (κ2) is 9.85. The molecule has 1 atom stereocenters. The Morgan fingerprint density at radius 2 is 1.79 bits per heavy atom. The van der Waals surface area contributed by atoms with Crippen LogP contribution in [0.25, 0.3) is 0 Å². The van der Waals surface area contributed by atoms with Gasteiger partial charge in [0.1, 0.15) is 6.07 Å². The van der Waals surface area contributed by atoms with E-state index in [1.54, 1.807) is 0 Å². The van der Waals surface area contributed by atoms with Crippen molar-refractivity contribution in [2.75, 3.05) is 5.33 Å². The zero-order chi connectivity index (χ0) is 14.8. The van der Waals surface area contributed by atoms with Gasteiger partial charge in [0.2, 0.25) is 11.6 Å². The number of carbonyl (C=O) groups excluding carboxylic acids is 3. The summed E-state index contributed by atoms with van der Waals surface area (Å²) in [5, 5.41) is 8.97. The highest BCUT2D eigenvalue weighted by atomic mass is 79.9. The van der Waals surface area contributed by atoms with Crippen molar-refractivity contribution < 1.29 is 14.4 Å². The molecule has 0 saturated heterocycles. The first-order valence-electron chi connectivity index (χ1n) is 6.51. The van der Waals surface area contributed by atoms with E-state index in [1.165, 1.54) is 6.07 Å². The predicted octanol–water partition coefficient (Wildman–Crippen LogP) is 2.83. The topological polar surface area (TPSA) is 75.0 Å². The largest absolute Gasteiger partial charge is 0.291 e. The number of halogens is 1. The molecular formula is C14H20BrNO3. The van der Waals surface area contributed by atoms with Gasteiger partial charge >= 0.3 is 0 Å². The SMILES string of the molecule is CC(C)CCCCC(=O)C(=O)C(CCBr)C(=O)C#N. The van der Waals surface area contributed by atoms with Crippen molar-refractivity contribution in [2.24, 2.45) is 11.8 Å². The molecule has 0 aromatic rings. The fraction of sp³-hybridized carbons (Fsp3) is 0.714. The maximum atomic E-state index is 11.8. The summed E-state index contributed by atoms with van der Waals surface area (Å²) in [5.74, 6) is -2.58. The van der Waals surface area contributed by atoms with E-state index in [4.69, 9.17) is 5.26 Å². The van der Waals surface area contributed by atoms with Crippen molar-refractivity contribution >= 4 is 33.3 Å². The van der Waals surface area contributed by atoms with E-state index in [1.807, 2.05) is 0 Å². The molecule has 0 saturated carbocycles. The minimum atomic E-state index is -1.10. The summed E-state index contributed by atoms with van der Waals surface area (Å²) in [7, 11) is 0. The van der Waals surface area contributed by atoms with E-state index in [-0.39, 0.29) is 12.8 Å².